The van der Waals surface area contributed by atoms with Crippen LogP contribution in [-0.2, 0) is 0 Å². The van der Waals surface area contributed by atoms with E-state index in [1.165, 1.54) is 11.1 Å². The fraction of sp³-hybridized carbons (Fsp3) is 0.600. The van der Waals surface area contributed by atoms with Gasteiger partial charge in [-0.05, 0) is 39.9 Å². The van der Waals surface area contributed by atoms with Gasteiger partial charge in [0.2, 0.25) is 0 Å². The molecule has 0 unspecified atom stereocenters. The number of allylic oxidation sites excluding steroid dienone is 2. The third-order valence-electron chi connectivity index (χ3n) is 1.72. The summed E-state index contributed by atoms with van der Waals surface area (Å²) in [5.41, 5.74) is 2.75. The number of rotatable bonds is 4. The van der Waals surface area contributed by atoms with Gasteiger partial charge in [0.15, 0.2) is 0 Å². The van der Waals surface area contributed by atoms with Gasteiger partial charge in [0.25, 0.3) is 0 Å². The largest absolute Gasteiger partial charge is 0.309 e. The van der Waals surface area contributed by atoms with Crippen LogP contribution in [0.1, 0.15) is 20.3 Å². The van der Waals surface area contributed by atoms with Gasteiger partial charge in [-0.25, -0.2) is 0 Å². The van der Waals surface area contributed by atoms with Crippen molar-refractivity contribution in [2.24, 2.45) is 0 Å². The molecular formula is C10H19N. The second-order valence-corrected chi connectivity index (χ2v) is 3.28. The Bertz CT molecular complexity index is 150. The van der Waals surface area contributed by atoms with Gasteiger partial charge >= 0.3 is 0 Å². The van der Waals surface area contributed by atoms with Crippen molar-refractivity contribution in [2.45, 2.75) is 20.3 Å². The van der Waals surface area contributed by atoms with Crippen molar-refractivity contribution in [3.8, 4) is 0 Å². The second-order valence-electron chi connectivity index (χ2n) is 3.28. The quantitative estimate of drug-likeness (QED) is 0.561. The molecule has 0 rings (SSSR count). The zero-order valence-corrected chi connectivity index (χ0v) is 8.15. The van der Waals surface area contributed by atoms with E-state index in [-0.39, 0.29) is 0 Å². The van der Waals surface area contributed by atoms with Crippen molar-refractivity contribution in [1.82, 2.24) is 4.90 Å². The predicted octanol–water partition coefficient (Wildman–Crippen LogP) is 2.46. The van der Waals surface area contributed by atoms with Crippen LogP contribution in [0.3, 0.4) is 0 Å². The van der Waals surface area contributed by atoms with Crippen LogP contribution in [0.15, 0.2) is 23.8 Å². The molecule has 0 spiro atoms. The number of hydrogen-bond acceptors (Lipinski definition) is 1. The summed E-state index contributed by atoms with van der Waals surface area (Å²) in [6, 6.07) is 0. The second kappa shape index (κ2) is 5.14. The number of hydrogen-bond donors (Lipinski definition) is 0. The molecule has 0 bridgehead atoms. The van der Waals surface area contributed by atoms with E-state index in [4.69, 9.17) is 0 Å². The summed E-state index contributed by atoms with van der Waals surface area (Å²) in [6.07, 6.45) is 3.07. The molecule has 64 valence electrons. The molecule has 0 amide bonds. The average Bonchev–Trinajstić information content (AvgIpc) is 1.87. The molecule has 0 aliphatic carbocycles. The third kappa shape index (κ3) is 4.79. The van der Waals surface area contributed by atoms with Crippen molar-refractivity contribution in [3.63, 3.8) is 0 Å². The Morgan fingerprint density at radius 3 is 2.18 bits per heavy atom. The highest BCUT2D eigenvalue weighted by molar-refractivity contribution is 5.21. The molecule has 0 aromatic heterocycles. The summed E-state index contributed by atoms with van der Waals surface area (Å²) < 4.78 is 0. The van der Waals surface area contributed by atoms with Gasteiger partial charge in [0, 0.05) is 6.54 Å². The van der Waals surface area contributed by atoms with Gasteiger partial charge in [-0.2, -0.15) is 0 Å². The Hall–Kier alpha value is -0.560. The van der Waals surface area contributed by atoms with Gasteiger partial charge in [-0.3, -0.25) is 0 Å². The van der Waals surface area contributed by atoms with Crippen LogP contribution < -0.4 is 0 Å². The summed E-state index contributed by atoms with van der Waals surface area (Å²) in [7, 11) is 4.18. The normalized spacial score (nSPS) is 9.91. The van der Waals surface area contributed by atoms with E-state index in [0.29, 0.717) is 0 Å². The van der Waals surface area contributed by atoms with Gasteiger partial charge < -0.3 is 4.90 Å². The highest BCUT2D eigenvalue weighted by Gasteiger charge is 1.95. The van der Waals surface area contributed by atoms with Crippen molar-refractivity contribution in [3.05, 3.63) is 23.8 Å². The standard InChI is InChI=1S/C10H19N/c1-6-10(9(2)3)7-8-11(4)5/h6H,1,7-8H2,2-5H3. The van der Waals surface area contributed by atoms with Gasteiger partial charge in [-0.15, -0.1) is 0 Å². The van der Waals surface area contributed by atoms with E-state index in [1.807, 2.05) is 6.08 Å². The number of nitrogens with zero attached hydrogens (tertiary/aromatic N) is 1. The molecule has 0 aliphatic rings. The average molecular weight is 153 g/mol. The van der Waals surface area contributed by atoms with Crippen LogP contribution in [-0.4, -0.2) is 25.5 Å². The Morgan fingerprint density at radius 1 is 1.36 bits per heavy atom. The molecule has 1 nitrogen and oxygen atoms in total. The summed E-state index contributed by atoms with van der Waals surface area (Å²) in [4.78, 5) is 2.19. The maximum Gasteiger partial charge on any atom is 0.00157 e. The van der Waals surface area contributed by atoms with Gasteiger partial charge in [0.1, 0.15) is 0 Å². The highest BCUT2D eigenvalue weighted by atomic mass is 15.0. The van der Waals surface area contributed by atoms with Crippen LogP contribution in [0.2, 0.25) is 0 Å². The summed E-state index contributed by atoms with van der Waals surface area (Å²) in [6.45, 7) is 9.15. The molecule has 0 aliphatic heterocycles. The molecule has 0 fully saturated rings. The van der Waals surface area contributed by atoms with Crippen molar-refractivity contribution in [1.29, 1.82) is 0 Å². The molecule has 0 N–H and O–H groups in total. The summed E-state index contributed by atoms with van der Waals surface area (Å²) in [5.74, 6) is 0. The Morgan fingerprint density at radius 2 is 1.91 bits per heavy atom. The first-order chi connectivity index (χ1) is 5.07. The van der Waals surface area contributed by atoms with E-state index in [1.54, 1.807) is 0 Å². The lowest BCUT2D eigenvalue weighted by Gasteiger charge is -2.10. The van der Waals surface area contributed by atoms with Crippen LogP contribution in [0.4, 0.5) is 0 Å². The van der Waals surface area contributed by atoms with E-state index in [9.17, 15) is 0 Å². The van der Waals surface area contributed by atoms with Crippen molar-refractivity contribution < 1.29 is 0 Å². The lowest BCUT2D eigenvalue weighted by atomic mass is 10.1. The molecule has 0 heterocycles. The maximum atomic E-state index is 3.78. The first-order valence-electron chi connectivity index (χ1n) is 4.01. The third-order valence-corrected chi connectivity index (χ3v) is 1.72. The topological polar surface area (TPSA) is 3.24 Å². The minimum Gasteiger partial charge on any atom is -0.309 e. The zero-order chi connectivity index (χ0) is 8.85. The molecular weight excluding hydrogens is 134 g/mol. The Labute approximate surface area is 70.4 Å². The molecule has 0 radical (unpaired) electrons. The Balaban J connectivity index is 3.91. The molecule has 0 atom stereocenters. The molecule has 11 heavy (non-hydrogen) atoms. The van der Waals surface area contributed by atoms with Crippen LogP contribution in [0.5, 0.6) is 0 Å². The van der Waals surface area contributed by atoms with E-state index in [0.717, 1.165) is 13.0 Å². The smallest absolute Gasteiger partial charge is 0.00157 e. The maximum absolute atomic E-state index is 3.78. The van der Waals surface area contributed by atoms with Crippen molar-refractivity contribution in [2.75, 3.05) is 20.6 Å². The van der Waals surface area contributed by atoms with Crippen molar-refractivity contribution >= 4 is 0 Å². The van der Waals surface area contributed by atoms with Crippen LogP contribution >= 0.6 is 0 Å². The first-order valence-corrected chi connectivity index (χ1v) is 4.01. The SMILES string of the molecule is C=CC(CCN(C)C)=C(C)C. The highest BCUT2D eigenvalue weighted by Crippen LogP contribution is 2.08. The zero-order valence-electron chi connectivity index (χ0n) is 8.15. The van der Waals surface area contributed by atoms with E-state index < -0.39 is 0 Å². The molecule has 0 aromatic carbocycles. The lowest BCUT2D eigenvalue weighted by molar-refractivity contribution is 0.414. The van der Waals surface area contributed by atoms with E-state index in [2.05, 4.69) is 39.4 Å². The van der Waals surface area contributed by atoms with Gasteiger partial charge in [-0.1, -0.05) is 18.2 Å². The molecule has 0 saturated heterocycles. The molecule has 0 saturated carbocycles. The fourth-order valence-corrected chi connectivity index (χ4v) is 0.900. The molecule has 0 aromatic rings. The first kappa shape index (κ1) is 10.4. The van der Waals surface area contributed by atoms with Gasteiger partial charge in [0.05, 0.1) is 0 Å². The van der Waals surface area contributed by atoms with E-state index >= 15 is 0 Å². The summed E-state index contributed by atoms with van der Waals surface area (Å²) >= 11 is 0. The monoisotopic (exact) mass is 153 g/mol. The lowest BCUT2D eigenvalue weighted by Crippen LogP contribution is -2.13. The molecule has 1 heteroatoms. The Kier molecular flexibility index (Phi) is 4.88. The predicted molar refractivity (Wildman–Crippen MR) is 51.7 cm³/mol. The van der Waals surface area contributed by atoms with Crippen LogP contribution in [0.25, 0.3) is 0 Å². The minimum absolute atomic E-state index is 1.10. The van der Waals surface area contributed by atoms with Crippen LogP contribution in [0, 0.1) is 0 Å². The fourth-order valence-electron chi connectivity index (χ4n) is 0.900. The summed E-state index contributed by atoms with van der Waals surface area (Å²) in [5, 5.41) is 0. The minimum atomic E-state index is 1.10.